The quantitative estimate of drug-likeness (QED) is 0.373. The highest BCUT2D eigenvalue weighted by atomic mass is 32.2. The summed E-state index contributed by atoms with van der Waals surface area (Å²) in [6, 6.07) is 5.47. The minimum absolute atomic E-state index is 0.0564. The van der Waals surface area contributed by atoms with Crippen LogP contribution in [0.2, 0.25) is 0 Å². The number of aliphatic hydroxyl groups excluding tert-OH is 1. The Morgan fingerprint density at radius 1 is 1.14 bits per heavy atom. The minimum atomic E-state index is -0.952. The SMILES string of the molecule is CCCC(C)NC(=O)C(c1ccccc1C)N(CCO)C(=O)C(CCSC)NC(=O)OC(C)(C)C. The molecule has 3 amide bonds. The number of ether oxygens (including phenoxy) is 1. The zero-order valence-corrected chi connectivity index (χ0v) is 23.0. The van der Waals surface area contributed by atoms with E-state index in [0.717, 1.165) is 18.4 Å². The summed E-state index contributed by atoms with van der Waals surface area (Å²) in [5.41, 5.74) is 0.810. The third-order valence-corrected chi connectivity index (χ3v) is 6.02. The molecule has 0 aliphatic rings. The van der Waals surface area contributed by atoms with Crippen LogP contribution in [0.25, 0.3) is 0 Å². The monoisotopic (exact) mass is 509 g/mol. The third kappa shape index (κ3) is 10.5. The molecule has 0 saturated heterocycles. The van der Waals surface area contributed by atoms with Crippen molar-refractivity contribution >= 4 is 29.7 Å². The molecule has 1 rings (SSSR count). The van der Waals surface area contributed by atoms with Gasteiger partial charge in [-0.3, -0.25) is 9.59 Å². The molecule has 0 fully saturated rings. The van der Waals surface area contributed by atoms with Gasteiger partial charge in [0.2, 0.25) is 11.8 Å². The Morgan fingerprint density at radius 3 is 2.34 bits per heavy atom. The van der Waals surface area contributed by atoms with E-state index in [0.29, 0.717) is 17.7 Å². The van der Waals surface area contributed by atoms with Crippen molar-refractivity contribution in [1.82, 2.24) is 15.5 Å². The number of rotatable bonds is 13. The van der Waals surface area contributed by atoms with Gasteiger partial charge in [-0.25, -0.2) is 4.79 Å². The number of hydrogen-bond acceptors (Lipinski definition) is 6. The van der Waals surface area contributed by atoms with Gasteiger partial charge in [0.25, 0.3) is 0 Å². The van der Waals surface area contributed by atoms with E-state index in [1.165, 1.54) is 4.90 Å². The Balaban J connectivity index is 3.41. The Labute approximate surface area is 214 Å². The Hall–Kier alpha value is -2.26. The fourth-order valence-corrected chi connectivity index (χ4v) is 4.26. The molecule has 8 nitrogen and oxygen atoms in total. The summed E-state index contributed by atoms with van der Waals surface area (Å²) in [5.74, 6) is -0.137. The predicted octanol–water partition coefficient (Wildman–Crippen LogP) is 3.81. The fourth-order valence-electron chi connectivity index (χ4n) is 3.79. The average Bonchev–Trinajstić information content (AvgIpc) is 2.75. The van der Waals surface area contributed by atoms with E-state index in [1.54, 1.807) is 32.5 Å². The summed E-state index contributed by atoms with van der Waals surface area (Å²) in [4.78, 5) is 41.3. The van der Waals surface area contributed by atoms with Gasteiger partial charge in [0, 0.05) is 12.6 Å². The van der Waals surface area contributed by atoms with Crippen LogP contribution >= 0.6 is 11.8 Å². The smallest absolute Gasteiger partial charge is 0.408 e. The highest BCUT2D eigenvalue weighted by molar-refractivity contribution is 7.98. The number of thioether (sulfide) groups is 1. The van der Waals surface area contributed by atoms with Gasteiger partial charge in [-0.2, -0.15) is 11.8 Å². The van der Waals surface area contributed by atoms with Crippen LogP contribution in [-0.4, -0.2) is 70.8 Å². The van der Waals surface area contributed by atoms with Crippen molar-refractivity contribution in [2.24, 2.45) is 0 Å². The van der Waals surface area contributed by atoms with Crippen LogP contribution in [0.4, 0.5) is 4.79 Å². The molecule has 0 aromatic heterocycles. The van der Waals surface area contributed by atoms with E-state index in [1.807, 2.05) is 51.3 Å². The second kappa shape index (κ2) is 15.0. The van der Waals surface area contributed by atoms with E-state index in [-0.39, 0.29) is 25.1 Å². The van der Waals surface area contributed by atoms with Gasteiger partial charge in [0.05, 0.1) is 6.61 Å². The van der Waals surface area contributed by atoms with Crippen LogP contribution in [0.1, 0.15) is 71.0 Å². The zero-order valence-electron chi connectivity index (χ0n) is 22.2. The second-order valence-corrected chi connectivity index (χ2v) is 10.7. The Kier molecular flexibility index (Phi) is 13.2. The Bertz CT molecular complexity index is 827. The van der Waals surface area contributed by atoms with Gasteiger partial charge < -0.3 is 25.4 Å². The molecule has 3 atom stereocenters. The van der Waals surface area contributed by atoms with E-state index >= 15 is 0 Å². The van der Waals surface area contributed by atoms with Crippen LogP contribution in [0.15, 0.2) is 24.3 Å². The lowest BCUT2D eigenvalue weighted by Crippen LogP contribution is -2.54. The van der Waals surface area contributed by atoms with Gasteiger partial charge in [-0.15, -0.1) is 0 Å². The summed E-state index contributed by atoms with van der Waals surface area (Å²) in [6.45, 7) is 10.7. The topological polar surface area (TPSA) is 108 Å². The number of aryl methyl sites for hydroxylation is 1. The predicted molar refractivity (Wildman–Crippen MR) is 141 cm³/mol. The number of benzene rings is 1. The second-order valence-electron chi connectivity index (χ2n) is 9.69. The van der Waals surface area contributed by atoms with Gasteiger partial charge in [-0.05, 0) is 70.6 Å². The maximum absolute atomic E-state index is 13.8. The van der Waals surface area contributed by atoms with Crippen LogP contribution in [-0.2, 0) is 14.3 Å². The maximum Gasteiger partial charge on any atom is 0.408 e. The first-order valence-electron chi connectivity index (χ1n) is 12.2. The van der Waals surface area contributed by atoms with Crippen LogP contribution in [0, 0.1) is 6.92 Å². The molecule has 35 heavy (non-hydrogen) atoms. The van der Waals surface area contributed by atoms with Crippen molar-refractivity contribution in [3.63, 3.8) is 0 Å². The van der Waals surface area contributed by atoms with E-state index < -0.39 is 29.7 Å². The molecule has 0 heterocycles. The molecule has 0 spiro atoms. The molecule has 3 unspecified atom stereocenters. The van der Waals surface area contributed by atoms with Crippen LogP contribution in [0.5, 0.6) is 0 Å². The van der Waals surface area contributed by atoms with E-state index in [2.05, 4.69) is 10.6 Å². The average molecular weight is 510 g/mol. The highest BCUT2D eigenvalue weighted by Crippen LogP contribution is 2.26. The standard InChI is InChI=1S/C26H43N3O5S/c1-8-11-19(3)27-23(31)22(20-13-10-9-12-18(20)2)29(15-16-30)24(32)21(14-17-35-7)28-25(33)34-26(4,5)6/h9-10,12-13,19,21-22,30H,8,11,14-17H2,1-7H3,(H,27,31)(H,28,33). The van der Waals surface area contributed by atoms with E-state index in [4.69, 9.17) is 4.74 Å². The van der Waals surface area contributed by atoms with Crippen molar-refractivity contribution in [3.8, 4) is 0 Å². The number of nitrogens with one attached hydrogen (secondary N) is 2. The summed E-state index contributed by atoms with van der Waals surface area (Å²) in [5, 5.41) is 15.6. The minimum Gasteiger partial charge on any atom is -0.444 e. The molecule has 9 heteroatoms. The van der Waals surface area contributed by atoms with Gasteiger partial charge in [0.15, 0.2) is 0 Å². The maximum atomic E-state index is 13.8. The molecule has 0 radical (unpaired) electrons. The van der Waals surface area contributed by atoms with Gasteiger partial charge >= 0.3 is 6.09 Å². The van der Waals surface area contributed by atoms with Crippen molar-refractivity contribution in [3.05, 3.63) is 35.4 Å². The van der Waals surface area contributed by atoms with Crippen molar-refractivity contribution in [2.75, 3.05) is 25.2 Å². The number of alkyl carbamates (subject to hydrolysis) is 1. The molecular formula is C26H43N3O5S. The highest BCUT2D eigenvalue weighted by Gasteiger charge is 2.36. The molecule has 0 aliphatic carbocycles. The number of hydrogen-bond donors (Lipinski definition) is 3. The summed E-state index contributed by atoms with van der Waals surface area (Å²) in [6.07, 6.45) is 3.28. The Morgan fingerprint density at radius 2 is 1.80 bits per heavy atom. The molecule has 0 saturated carbocycles. The number of carbonyl (C=O) groups excluding carboxylic acids is 3. The summed E-state index contributed by atoms with van der Waals surface area (Å²) < 4.78 is 5.37. The van der Waals surface area contributed by atoms with Gasteiger partial charge in [-0.1, -0.05) is 37.6 Å². The summed E-state index contributed by atoms with van der Waals surface area (Å²) >= 11 is 1.55. The first-order chi connectivity index (χ1) is 16.4. The van der Waals surface area contributed by atoms with Crippen molar-refractivity contribution in [2.45, 2.75) is 84.5 Å². The molecule has 1 aromatic rings. The zero-order chi connectivity index (χ0) is 26.6. The van der Waals surface area contributed by atoms with Crippen molar-refractivity contribution in [1.29, 1.82) is 0 Å². The molecule has 3 N–H and O–H groups in total. The molecule has 0 aliphatic heterocycles. The normalized spacial score (nSPS) is 13.9. The number of amides is 3. The van der Waals surface area contributed by atoms with Crippen LogP contribution < -0.4 is 10.6 Å². The first-order valence-corrected chi connectivity index (χ1v) is 13.6. The lowest BCUT2D eigenvalue weighted by molar-refractivity contribution is -0.143. The van der Waals surface area contributed by atoms with E-state index in [9.17, 15) is 19.5 Å². The molecule has 198 valence electrons. The lowest BCUT2D eigenvalue weighted by atomic mass is 9.97. The number of carbonyl (C=O) groups is 3. The first kappa shape index (κ1) is 30.8. The number of aliphatic hydroxyl groups is 1. The molecular weight excluding hydrogens is 466 g/mol. The van der Waals surface area contributed by atoms with Gasteiger partial charge in [0.1, 0.15) is 17.7 Å². The van der Waals surface area contributed by atoms with Crippen molar-refractivity contribution < 1.29 is 24.2 Å². The lowest BCUT2D eigenvalue weighted by Gasteiger charge is -2.35. The number of nitrogens with zero attached hydrogens (tertiary/aromatic N) is 1. The molecule has 0 bridgehead atoms. The molecule has 1 aromatic carbocycles. The summed E-state index contributed by atoms with van der Waals surface area (Å²) in [7, 11) is 0. The third-order valence-electron chi connectivity index (χ3n) is 5.38. The van der Waals surface area contributed by atoms with Crippen LogP contribution in [0.3, 0.4) is 0 Å². The largest absolute Gasteiger partial charge is 0.444 e. The fraction of sp³-hybridized carbons (Fsp3) is 0.654.